The highest BCUT2D eigenvalue weighted by molar-refractivity contribution is 9.10. The number of imidazole rings is 1. The fourth-order valence-corrected chi connectivity index (χ4v) is 7.00. The number of aryl methyl sites for hydroxylation is 1. The molecule has 0 amide bonds. The summed E-state index contributed by atoms with van der Waals surface area (Å²) in [7, 11) is 8.79. The Morgan fingerprint density at radius 2 is 1.32 bits per heavy atom. The Bertz CT molecular complexity index is 2330. The van der Waals surface area contributed by atoms with E-state index in [4.69, 9.17) is 34.5 Å². The molecule has 7 aromatic rings. The second kappa shape index (κ2) is 22.6. The molecular formula is C40H55BBrN15O2. The van der Waals surface area contributed by atoms with Gasteiger partial charge in [-0.2, -0.15) is 19.2 Å². The standard InChI is InChI=1S/C20H22BrN7.C11H11BN8.C6H12.C2H6O.CH4O/c1-26-13-23-16-9-14(5-6-17(16)26)11-22-18-10-19(27-7-3-2-4-8-27)25-20-15(21)12-24-28(18)20;12-7-5-18-20-9(1-8(13)19-10(7)20)15-2-6-3-16-11(14)17-4-6;1-2-4-6-5-3-1;1-2-3;1-2/h5-6,9-10,12-13,22H,2-4,7-8,11H2,1H3;1,3-5,15H,2H2,(H2,13,19)(H2,14,16,17);1-6H2;3H,2H2,1H3;2H,1H3. The summed E-state index contributed by atoms with van der Waals surface area (Å²) in [5.41, 5.74) is 17.2. The Hall–Kier alpha value is -5.53. The lowest BCUT2D eigenvalue weighted by Gasteiger charge is -2.28. The summed E-state index contributed by atoms with van der Waals surface area (Å²) >= 11 is 3.58. The highest BCUT2D eigenvalue weighted by Crippen LogP contribution is 2.27. The molecule has 7 heterocycles. The molecule has 2 aliphatic rings. The van der Waals surface area contributed by atoms with Crippen molar-refractivity contribution < 1.29 is 10.2 Å². The first-order chi connectivity index (χ1) is 28.7. The van der Waals surface area contributed by atoms with Crippen molar-refractivity contribution in [1.82, 2.24) is 48.7 Å². The van der Waals surface area contributed by atoms with Crippen molar-refractivity contribution in [2.24, 2.45) is 7.05 Å². The molecule has 0 atom stereocenters. The molecule has 8 N–H and O–H groups in total. The lowest BCUT2D eigenvalue weighted by molar-refractivity contribution is 0.318. The molecule has 1 saturated carbocycles. The molecule has 0 unspecified atom stereocenters. The van der Waals surface area contributed by atoms with Crippen molar-refractivity contribution in [3.63, 3.8) is 0 Å². The Morgan fingerprint density at radius 1 is 0.746 bits per heavy atom. The maximum atomic E-state index is 7.57. The normalized spacial score (nSPS) is 13.6. The molecule has 1 aliphatic carbocycles. The molecule has 6 aromatic heterocycles. The van der Waals surface area contributed by atoms with Crippen molar-refractivity contribution in [3.8, 4) is 0 Å². The van der Waals surface area contributed by atoms with Crippen LogP contribution in [0.1, 0.15) is 75.8 Å². The molecule has 17 nitrogen and oxygen atoms in total. The molecule has 0 spiro atoms. The van der Waals surface area contributed by atoms with Crippen molar-refractivity contribution >= 4 is 80.8 Å². The van der Waals surface area contributed by atoms with E-state index >= 15 is 0 Å². The third-order valence-electron chi connectivity index (χ3n) is 9.58. The minimum atomic E-state index is 0.240. The van der Waals surface area contributed by atoms with Gasteiger partial charge in [-0.15, -0.1) is 0 Å². The van der Waals surface area contributed by atoms with E-state index < -0.39 is 0 Å². The van der Waals surface area contributed by atoms with Crippen LogP contribution in [-0.2, 0) is 20.1 Å². The van der Waals surface area contributed by atoms with E-state index in [-0.39, 0.29) is 12.6 Å². The number of fused-ring (bicyclic) bond motifs is 3. The van der Waals surface area contributed by atoms with Crippen LogP contribution >= 0.6 is 15.9 Å². The average molecular weight is 869 g/mol. The first-order valence-corrected chi connectivity index (χ1v) is 20.7. The number of aliphatic hydroxyl groups is 2. The number of nitrogens with two attached hydrogens (primary N) is 2. The quantitative estimate of drug-likeness (QED) is 0.116. The number of aliphatic hydroxyl groups excluding tert-OH is 2. The van der Waals surface area contributed by atoms with E-state index in [0.717, 1.165) is 58.6 Å². The van der Waals surface area contributed by atoms with E-state index in [1.165, 1.54) is 69.5 Å². The van der Waals surface area contributed by atoms with Gasteiger partial charge in [0, 0.05) is 83.2 Å². The molecule has 1 saturated heterocycles. The van der Waals surface area contributed by atoms with E-state index in [1.807, 2.05) is 22.5 Å². The number of benzene rings is 1. The SMILES string of the molecule is C1CCCCC1.CCO.CO.Cn1cnc2cc(CNc3cc(N4CCCCC4)nc4c(Br)cnn34)ccc21.[B]c1cnn2c(NCc3cnc(N)nc3)cc(N)nc12. The number of hydrogen-bond donors (Lipinski definition) is 6. The molecule has 1 aliphatic heterocycles. The van der Waals surface area contributed by atoms with Gasteiger partial charge in [-0.1, -0.05) is 44.6 Å². The summed E-state index contributed by atoms with van der Waals surface area (Å²) in [5.74, 6) is 3.24. The molecule has 1 aromatic carbocycles. The van der Waals surface area contributed by atoms with Gasteiger partial charge in [-0.05, 0) is 65.3 Å². The Kier molecular flexibility index (Phi) is 17.1. The van der Waals surface area contributed by atoms with Crippen LogP contribution in [0.3, 0.4) is 0 Å². The topological polar surface area (TPSA) is 224 Å². The second-order valence-corrected chi connectivity index (χ2v) is 14.8. The summed E-state index contributed by atoms with van der Waals surface area (Å²) in [4.78, 5) is 23.7. The molecule has 0 bridgehead atoms. The number of piperidine rings is 1. The summed E-state index contributed by atoms with van der Waals surface area (Å²) in [6.45, 7) is 5.25. The second-order valence-electron chi connectivity index (χ2n) is 13.9. The van der Waals surface area contributed by atoms with E-state index in [1.54, 1.807) is 36.1 Å². The summed E-state index contributed by atoms with van der Waals surface area (Å²) in [6, 6.07) is 10.2. The van der Waals surface area contributed by atoms with Gasteiger partial charge in [-0.3, -0.25) is 0 Å². The van der Waals surface area contributed by atoms with E-state index in [9.17, 15) is 0 Å². The number of nitrogen functional groups attached to an aromatic ring is 2. The van der Waals surface area contributed by atoms with Crippen LogP contribution in [-0.4, -0.2) is 93.6 Å². The van der Waals surface area contributed by atoms with Gasteiger partial charge in [0.15, 0.2) is 11.3 Å². The highest BCUT2D eigenvalue weighted by atomic mass is 79.9. The molecule has 2 radical (unpaired) electrons. The first-order valence-electron chi connectivity index (χ1n) is 19.9. The highest BCUT2D eigenvalue weighted by Gasteiger charge is 2.17. The fraction of sp³-hybridized carbons (Fsp3) is 0.425. The fourth-order valence-electron chi connectivity index (χ4n) is 6.65. The van der Waals surface area contributed by atoms with Gasteiger partial charge in [0.25, 0.3) is 0 Å². The summed E-state index contributed by atoms with van der Waals surface area (Å²) in [5, 5.41) is 29.9. The molecule has 312 valence electrons. The van der Waals surface area contributed by atoms with Crippen LogP contribution in [0.5, 0.6) is 0 Å². The summed E-state index contributed by atoms with van der Waals surface area (Å²) in [6.07, 6.45) is 21.2. The maximum Gasteiger partial charge on any atom is 0.219 e. The minimum absolute atomic E-state index is 0.240. The molecule has 9 rings (SSSR count). The van der Waals surface area contributed by atoms with Gasteiger partial charge in [0.05, 0.1) is 28.0 Å². The third-order valence-corrected chi connectivity index (χ3v) is 10.1. The number of rotatable bonds is 7. The summed E-state index contributed by atoms with van der Waals surface area (Å²) < 4.78 is 6.38. The zero-order valence-electron chi connectivity index (χ0n) is 34.1. The van der Waals surface area contributed by atoms with Crippen LogP contribution in [0.4, 0.5) is 29.2 Å². The van der Waals surface area contributed by atoms with Crippen LogP contribution < -0.4 is 32.5 Å². The predicted octanol–water partition coefficient (Wildman–Crippen LogP) is 5.02. The zero-order valence-corrected chi connectivity index (χ0v) is 35.7. The third kappa shape index (κ3) is 12.2. The number of hydrogen-bond acceptors (Lipinski definition) is 14. The van der Waals surface area contributed by atoms with Gasteiger partial charge < -0.3 is 41.8 Å². The number of nitrogens with zero attached hydrogens (tertiary/aromatic N) is 11. The van der Waals surface area contributed by atoms with Gasteiger partial charge in [-0.25, -0.2) is 24.9 Å². The Labute approximate surface area is 354 Å². The van der Waals surface area contributed by atoms with Crippen LogP contribution in [0, 0.1) is 0 Å². The average Bonchev–Trinajstić information content (AvgIpc) is 3.97. The van der Waals surface area contributed by atoms with Crippen LogP contribution in [0.25, 0.3) is 22.3 Å². The van der Waals surface area contributed by atoms with Crippen molar-refractivity contribution in [2.45, 2.75) is 77.8 Å². The number of aromatic nitrogens is 10. The monoisotopic (exact) mass is 867 g/mol. The van der Waals surface area contributed by atoms with Crippen molar-refractivity contribution in [2.75, 3.05) is 53.8 Å². The van der Waals surface area contributed by atoms with Gasteiger partial charge >= 0.3 is 0 Å². The predicted molar refractivity (Wildman–Crippen MR) is 240 cm³/mol. The van der Waals surface area contributed by atoms with E-state index in [2.05, 4.69) is 85.9 Å². The molecular weight excluding hydrogens is 813 g/mol. The lowest BCUT2D eigenvalue weighted by Crippen LogP contribution is -2.30. The van der Waals surface area contributed by atoms with Gasteiger partial charge in [0.2, 0.25) is 5.95 Å². The van der Waals surface area contributed by atoms with Crippen LogP contribution in [0.2, 0.25) is 0 Å². The number of anilines is 5. The molecule has 59 heavy (non-hydrogen) atoms. The van der Waals surface area contributed by atoms with Crippen LogP contribution in [0.15, 0.2) is 65.9 Å². The molecule has 2 fully saturated rings. The largest absolute Gasteiger partial charge is 0.400 e. The first kappa shape index (κ1) is 44.6. The van der Waals surface area contributed by atoms with Crippen molar-refractivity contribution in [1.29, 1.82) is 0 Å². The number of nitrogens with one attached hydrogen (secondary N) is 2. The van der Waals surface area contributed by atoms with Crippen molar-refractivity contribution in [3.05, 3.63) is 77.0 Å². The smallest absolute Gasteiger partial charge is 0.219 e. The lowest BCUT2D eigenvalue weighted by atomic mass is 10.0. The maximum absolute atomic E-state index is 7.57. The molecule has 19 heteroatoms. The Morgan fingerprint density at radius 3 is 1.98 bits per heavy atom. The Balaban J connectivity index is 0.000000185. The van der Waals surface area contributed by atoms with E-state index in [0.29, 0.717) is 35.8 Å². The minimum Gasteiger partial charge on any atom is -0.400 e. The van der Waals surface area contributed by atoms with Gasteiger partial charge in [0.1, 0.15) is 31.1 Å². The zero-order chi connectivity index (χ0) is 42.1. The number of halogens is 1.